The van der Waals surface area contributed by atoms with Crippen LogP contribution in [0.2, 0.25) is 0 Å². The number of hydrogen-bond donors (Lipinski definition) is 0. The van der Waals surface area contributed by atoms with Gasteiger partial charge in [-0.05, 0) is 55.3 Å². The molecule has 0 N–H and O–H groups in total. The Morgan fingerprint density at radius 3 is 2.59 bits per heavy atom. The van der Waals surface area contributed by atoms with Crippen LogP contribution in [0, 0.1) is 6.92 Å². The Bertz CT molecular complexity index is 1130. The van der Waals surface area contributed by atoms with Crippen molar-refractivity contribution in [1.29, 1.82) is 0 Å². The Morgan fingerprint density at radius 1 is 1.06 bits per heavy atom. The summed E-state index contributed by atoms with van der Waals surface area (Å²) in [4.78, 5) is 21.7. The summed E-state index contributed by atoms with van der Waals surface area (Å²) >= 11 is 0. The van der Waals surface area contributed by atoms with E-state index >= 15 is 0 Å². The van der Waals surface area contributed by atoms with E-state index in [-0.39, 0.29) is 5.91 Å². The highest BCUT2D eigenvalue weighted by Gasteiger charge is 2.21. The van der Waals surface area contributed by atoms with E-state index in [2.05, 4.69) is 24.0 Å². The molecule has 32 heavy (non-hydrogen) atoms. The molecule has 0 saturated carbocycles. The van der Waals surface area contributed by atoms with Gasteiger partial charge in [0.1, 0.15) is 5.82 Å². The van der Waals surface area contributed by atoms with Crippen LogP contribution in [0.5, 0.6) is 11.5 Å². The number of benzene rings is 2. The van der Waals surface area contributed by atoms with Gasteiger partial charge >= 0.3 is 0 Å². The highest BCUT2D eigenvalue weighted by molar-refractivity contribution is 5.92. The van der Waals surface area contributed by atoms with E-state index in [1.54, 1.807) is 13.2 Å². The first-order valence-electron chi connectivity index (χ1n) is 11.0. The Hall–Kier alpha value is -3.54. The summed E-state index contributed by atoms with van der Waals surface area (Å²) in [7, 11) is 1.61. The van der Waals surface area contributed by atoms with Crippen molar-refractivity contribution in [2.24, 2.45) is 0 Å². The van der Waals surface area contributed by atoms with Gasteiger partial charge < -0.3 is 19.3 Å². The topological polar surface area (TPSA) is 54.9 Å². The Labute approximate surface area is 189 Å². The van der Waals surface area contributed by atoms with Crippen LogP contribution in [-0.4, -0.2) is 55.7 Å². The van der Waals surface area contributed by atoms with Gasteiger partial charge in [0.25, 0.3) is 0 Å². The van der Waals surface area contributed by atoms with Crippen LogP contribution in [-0.2, 0) is 4.79 Å². The molecule has 1 fully saturated rings. The first-order valence-corrected chi connectivity index (χ1v) is 11.0. The van der Waals surface area contributed by atoms with Crippen molar-refractivity contribution in [1.82, 2.24) is 9.88 Å². The summed E-state index contributed by atoms with van der Waals surface area (Å²) in [6.07, 6.45) is 3.45. The number of hydrogen-bond acceptors (Lipinski definition) is 5. The highest BCUT2D eigenvalue weighted by Crippen LogP contribution is 2.28. The van der Waals surface area contributed by atoms with E-state index in [4.69, 9.17) is 14.5 Å². The molecule has 6 nitrogen and oxygen atoms in total. The predicted octanol–water partition coefficient (Wildman–Crippen LogP) is 4.31. The molecule has 3 aromatic rings. The number of anilines is 1. The van der Waals surface area contributed by atoms with Crippen LogP contribution in [0.3, 0.4) is 0 Å². The maximum absolute atomic E-state index is 12.7. The molecule has 0 radical (unpaired) electrons. The Morgan fingerprint density at radius 2 is 1.84 bits per heavy atom. The molecular weight excluding hydrogens is 402 g/mol. The molecule has 1 aliphatic rings. The van der Waals surface area contributed by atoms with E-state index in [1.165, 1.54) is 10.9 Å². The van der Waals surface area contributed by atoms with E-state index in [0.29, 0.717) is 31.2 Å². The largest absolute Gasteiger partial charge is 0.493 e. The molecule has 1 aliphatic heterocycles. The molecule has 1 aromatic heterocycles. The zero-order valence-electron chi connectivity index (χ0n) is 18.9. The number of aryl methyl sites for hydroxylation is 1. The van der Waals surface area contributed by atoms with Gasteiger partial charge in [-0.1, -0.05) is 24.3 Å². The van der Waals surface area contributed by atoms with Crippen LogP contribution in [0.15, 0.2) is 54.6 Å². The van der Waals surface area contributed by atoms with E-state index < -0.39 is 0 Å². The number of methoxy groups -OCH3 is 1. The number of ether oxygens (including phenoxy) is 2. The van der Waals surface area contributed by atoms with Crippen LogP contribution in [0.1, 0.15) is 18.1 Å². The maximum Gasteiger partial charge on any atom is 0.246 e. The van der Waals surface area contributed by atoms with Gasteiger partial charge in [-0.2, -0.15) is 0 Å². The number of nitrogens with zero attached hydrogens (tertiary/aromatic N) is 3. The SMILES string of the molecule is CCOc1ccc(/C=C/C(=O)N2CCN(c3cc(C)c4ccccc4n3)CC2)cc1OC. The molecule has 2 aromatic carbocycles. The lowest BCUT2D eigenvalue weighted by Gasteiger charge is -2.35. The second-order valence-electron chi connectivity index (χ2n) is 7.80. The molecule has 1 saturated heterocycles. The fourth-order valence-corrected chi connectivity index (χ4v) is 3.99. The molecular formula is C26H29N3O3. The van der Waals surface area contributed by atoms with Gasteiger partial charge in [0, 0.05) is 37.6 Å². The number of fused-ring (bicyclic) bond motifs is 1. The number of carbonyl (C=O) groups is 1. The third-order valence-electron chi connectivity index (χ3n) is 5.73. The van der Waals surface area contributed by atoms with Crippen molar-refractivity contribution >= 4 is 28.7 Å². The van der Waals surface area contributed by atoms with E-state index in [0.717, 1.165) is 30.0 Å². The lowest BCUT2D eigenvalue weighted by atomic mass is 10.1. The molecule has 0 unspecified atom stereocenters. The third-order valence-corrected chi connectivity index (χ3v) is 5.73. The standard InChI is InChI=1S/C26H29N3O3/c1-4-32-23-11-9-20(18-24(23)31-3)10-12-26(30)29-15-13-28(14-16-29)25-17-19(2)21-7-5-6-8-22(21)27-25/h5-12,17-18H,4,13-16H2,1-3H3/b12-10+. The fraction of sp³-hybridized carbons (Fsp3) is 0.308. The first-order chi connectivity index (χ1) is 15.6. The molecule has 2 heterocycles. The van der Waals surface area contributed by atoms with Gasteiger partial charge in [-0.3, -0.25) is 4.79 Å². The van der Waals surface area contributed by atoms with Crippen LogP contribution >= 0.6 is 0 Å². The molecule has 0 atom stereocenters. The quantitative estimate of drug-likeness (QED) is 0.545. The predicted molar refractivity (Wildman–Crippen MR) is 128 cm³/mol. The number of carbonyl (C=O) groups excluding carboxylic acids is 1. The van der Waals surface area contributed by atoms with Crippen LogP contribution in [0.25, 0.3) is 17.0 Å². The number of para-hydroxylation sites is 1. The monoisotopic (exact) mass is 431 g/mol. The van der Waals surface area contributed by atoms with Crippen molar-refractivity contribution in [3.8, 4) is 11.5 Å². The molecule has 0 spiro atoms. The summed E-state index contributed by atoms with van der Waals surface area (Å²) < 4.78 is 10.9. The number of rotatable bonds is 6. The Balaban J connectivity index is 1.38. The Kier molecular flexibility index (Phi) is 6.59. The van der Waals surface area contributed by atoms with Crippen molar-refractivity contribution in [2.45, 2.75) is 13.8 Å². The average Bonchev–Trinajstić information content (AvgIpc) is 2.83. The number of aromatic nitrogens is 1. The molecule has 4 rings (SSSR count). The van der Waals surface area contributed by atoms with E-state index in [1.807, 2.05) is 54.3 Å². The molecule has 166 valence electrons. The summed E-state index contributed by atoms with van der Waals surface area (Å²) in [5.41, 5.74) is 3.13. The first kappa shape index (κ1) is 21.7. The third kappa shape index (κ3) is 4.69. The second-order valence-corrected chi connectivity index (χ2v) is 7.80. The van der Waals surface area contributed by atoms with Gasteiger partial charge in [0.15, 0.2) is 11.5 Å². The molecule has 6 heteroatoms. The van der Waals surface area contributed by atoms with Crippen molar-refractivity contribution in [3.05, 3.63) is 65.7 Å². The maximum atomic E-state index is 12.7. The van der Waals surface area contributed by atoms with Crippen molar-refractivity contribution < 1.29 is 14.3 Å². The average molecular weight is 432 g/mol. The van der Waals surface area contributed by atoms with Crippen LogP contribution in [0.4, 0.5) is 5.82 Å². The number of piperazine rings is 1. The fourth-order valence-electron chi connectivity index (χ4n) is 3.99. The minimum absolute atomic E-state index is 0.0140. The van der Waals surface area contributed by atoms with E-state index in [9.17, 15) is 4.79 Å². The normalized spacial score (nSPS) is 14.2. The summed E-state index contributed by atoms with van der Waals surface area (Å²) in [6.45, 7) is 7.50. The summed E-state index contributed by atoms with van der Waals surface area (Å²) in [5, 5.41) is 1.18. The van der Waals surface area contributed by atoms with Gasteiger partial charge in [-0.25, -0.2) is 4.98 Å². The van der Waals surface area contributed by atoms with Gasteiger partial charge in [0.05, 0.1) is 19.2 Å². The molecule has 1 amide bonds. The molecule has 0 aliphatic carbocycles. The van der Waals surface area contributed by atoms with Gasteiger partial charge in [0.2, 0.25) is 5.91 Å². The molecule has 0 bridgehead atoms. The van der Waals surface area contributed by atoms with Gasteiger partial charge in [-0.15, -0.1) is 0 Å². The number of pyridine rings is 1. The zero-order chi connectivity index (χ0) is 22.5. The summed E-state index contributed by atoms with van der Waals surface area (Å²) in [6, 6.07) is 16.0. The van der Waals surface area contributed by atoms with Crippen molar-refractivity contribution in [3.63, 3.8) is 0 Å². The summed E-state index contributed by atoms with van der Waals surface area (Å²) in [5.74, 6) is 2.35. The minimum atomic E-state index is 0.0140. The zero-order valence-corrected chi connectivity index (χ0v) is 18.9. The minimum Gasteiger partial charge on any atom is -0.493 e. The lowest BCUT2D eigenvalue weighted by molar-refractivity contribution is -0.126. The number of amides is 1. The second kappa shape index (κ2) is 9.73. The van der Waals surface area contributed by atoms with Crippen LogP contribution < -0.4 is 14.4 Å². The lowest BCUT2D eigenvalue weighted by Crippen LogP contribution is -2.48. The highest BCUT2D eigenvalue weighted by atomic mass is 16.5. The smallest absolute Gasteiger partial charge is 0.246 e. The van der Waals surface area contributed by atoms with Crippen molar-refractivity contribution in [2.75, 3.05) is 44.8 Å².